The van der Waals surface area contributed by atoms with Gasteiger partial charge in [-0.1, -0.05) is 103 Å². The molecule has 1 aliphatic carbocycles. The van der Waals surface area contributed by atoms with Crippen molar-refractivity contribution in [3.05, 3.63) is 268 Å². The number of nitrogens with two attached hydrogens (primary N) is 5. The molecule has 0 radical (unpaired) electrons. The number of likely N-dealkylation sites (tertiary alicyclic amines) is 5. The van der Waals surface area contributed by atoms with Crippen LogP contribution in [-0.2, 0) is 36.8 Å². The van der Waals surface area contributed by atoms with Crippen molar-refractivity contribution in [3.8, 4) is 93.7 Å². The average Bonchev–Trinajstić information content (AvgIpc) is 1.50. The number of carbonyl (C=O) groups is 10. The van der Waals surface area contributed by atoms with Crippen molar-refractivity contribution in [2.45, 2.75) is 109 Å². The molecule has 0 bridgehead atoms. The number of hydrogen-bond acceptors (Lipinski definition) is 24. The van der Waals surface area contributed by atoms with E-state index in [0.29, 0.717) is 110 Å². The molecule has 6 fully saturated rings. The number of pyridine rings is 5. The minimum absolute atomic E-state index is 0.0346. The summed E-state index contributed by atoms with van der Waals surface area (Å²) in [6.45, 7) is 10.5. The summed E-state index contributed by atoms with van der Waals surface area (Å²) in [6, 6.07) is 47.1. The van der Waals surface area contributed by atoms with E-state index in [0.717, 1.165) is 88.2 Å². The van der Waals surface area contributed by atoms with Crippen LogP contribution in [0.1, 0.15) is 175 Å². The molecule has 6 aliphatic rings. The maximum Gasteiger partial charge on any atom is 0.269 e. The summed E-state index contributed by atoms with van der Waals surface area (Å²) in [7, 11) is 8.50. The van der Waals surface area contributed by atoms with Crippen LogP contribution in [0, 0.1) is 94.2 Å². The van der Waals surface area contributed by atoms with E-state index in [9.17, 15) is 63.3 Å². The van der Waals surface area contributed by atoms with Gasteiger partial charge >= 0.3 is 0 Å². The van der Waals surface area contributed by atoms with Crippen molar-refractivity contribution in [2.75, 3.05) is 68.0 Å². The predicted molar refractivity (Wildman–Crippen MR) is 554 cm³/mol. The lowest BCUT2D eigenvalue weighted by molar-refractivity contribution is -0.138. The van der Waals surface area contributed by atoms with Crippen LogP contribution in [0.5, 0.6) is 0 Å². The lowest BCUT2D eigenvalue weighted by Crippen LogP contribution is -2.37. The first-order valence-electron chi connectivity index (χ1n) is 48.0. The number of primary amides is 5. The Morgan fingerprint density at radius 3 is 1.05 bits per heavy atom. The molecule has 21 rings (SSSR count). The zero-order valence-corrected chi connectivity index (χ0v) is 83.3. The first-order valence-corrected chi connectivity index (χ1v) is 48.0. The van der Waals surface area contributed by atoms with E-state index in [1.807, 2.05) is 106 Å². The summed E-state index contributed by atoms with van der Waals surface area (Å²) in [5.41, 5.74) is 34.9. The van der Waals surface area contributed by atoms with Gasteiger partial charge in [0.05, 0.1) is 94.3 Å². The lowest BCUT2D eigenvalue weighted by Gasteiger charge is -2.14. The van der Waals surface area contributed by atoms with Gasteiger partial charge in [-0.25, -0.2) is 28.4 Å². The predicted octanol–water partition coefficient (Wildman–Crippen LogP) is 6.96. The Bertz CT molecular complexity index is 8540. The lowest BCUT2D eigenvalue weighted by atomic mass is 9.89. The number of aliphatic hydroxyl groups is 3. The first-order chi connectivity index (χ1) is 71.7. The molecule has 39 heteroatoms. The highest BCUT2D eigenvalue weighted by Crippen LogP contribution is 2.38. The number of nitrogens with zero attached hydrogens (tertiary/aromatic N) is 21. The Morgan fingerprint density at radius 2 is 0.700 bits per heavy atom. The monoisotopic (exact) mass is 2010 g/mol. The number of likely N-dealkylation sites (N-methyl/N-ethyl adjacent to an activating group) is 3. The van der Waals surface area contributed by atoms with Gasteiger partial charge in [0.15, 0.2) is 28.5 Å². The second-order valence-corrected chi connectivity index (χ2v) is 37.9. The van der Waals surface area contributed by atoms with Crippen molar-refractivity contribution < 1.29 is 63.3 Å². The van der Waals surface area contributed by atoms with Gasteiger partial charge in [0, 0.05) is 164 Å². The van der Waals surface area contributed by atoms with Crippen LogP contribution < -0.4 is 28.7 Å². The second kappa shape index (κ2) is 41.7. The average molecular weight is 2010 g/mol. The Morgan fingerprint density at radius 1 is 0.380 bits per heavy atom. The van der Waals surface area contributed by atoms with Crippen LogP contribution >= 0.6 is 0 Å². The standard InChI is InChI=1S/C25H25N5O2.C24H25N5O2.C21H16N6O3.C21H19N5O3.C20H17N5O3/c1-25(11-13-29(2)24(25)32)10-8-16-4-3-5-18(14-16)30-20-9-12-27-19(15-17-6-7-17)21(20)22(28-30)23(26)31;1-4-6-18-20-19(10-13-26-18)29(27-21(20)22(25)30)17-8-5-7-16(15-17)9-11-24(2)12-14-28(3)23(24)31;1-26-8-7-21(30,20(26)29)6-5-13-3-2-4-15(9-13)27-17-10-14(11-22)24-12-16(17)18(25-27)19(23)28;1-13-10-17-16(12-23-13)18(19(22)27)24-26(17)15-5-3-4-14(11-15)6-7-21(29)8-9-25(2)20(21)28;1-24-10-8-20(28,19(24)27)7-5-13-3-2-4-14(11-13)25-16-6-9-22-12-15(16)17(23-25)18(21)26/h3-5,9,12,14,17H,6-7,11,13,15H2,1-2H3,(H2,26,31);5,7-8,10,13,15H,4,6,12,14H2,1-3H3,(H2,25,30);2-4,9-10,12,30H,7-8H2,1H3,(H2,23,28);3-5,10-12,29H,8-9H2,1-2H3,(H2,22,27);2-4,6,9,11-12,28H,8,10H2,1H3,(H2,21,26)/t25-;24-;2*21-;20-/m11000/s1. The van der Waals surface area contributed by atoms with Gasteiger partial charge in [0.2, 0.25) is 28.6 Å². The Kier molecular flexibility index (Phi) is 28.5. The van der Waals surface area contributed by atoms with Crippen molar-refractivity contribution in [2.24, 2.45) is 45.4 Å². The van der Waals surface area contributed by atoms with E-state index in [1.165, 1.54) is 44.5 Å². The second-order valence-electron chi connectivity index (χ2n) is 37.9. The van der Waals surface area contributed by atoms with Gasteiger partial charge < -0.3 is 68.5 Å². The fraction of sp³-hybridized carbons (Fsp3) is 0.270. The van der Waals surface area contributed by atoms with Crippen LogP contribution in [-0.4, -0.2) is 257 Å². The highest BCUT2D eigenvalue weighted by molar-refractivity contribution is 6.09. The summed E-state index contributed by atoms with van der Waals surface area (Å²) < 4.78 is 8.11. The van der Waals surface area contributed by atoms with Crippen molar-refractivity contribution in [1.29, 1.82) is 5.26 Å². The van der Waals surface area contributed by atoms with Gasteiger partial charge in [0.1, 0.15) is 22.6 Å². The summed E-state index contributed by atoms with van der Waals surface area (Å²) in [6.07, 6.45) is 16.7. The molecule has 5 atom stereocenters. The smallest absolute Gasteiger partial charge is 0.269 e. The van der Waals surface area contributed by atoms with E-state index in [4.69, 9.17) is 33.9 Å². The van der Waals surface area contributed by atoms with Crippen LogP contribution in [0.3, 0.4) is 0 Å². The topological polar surface area (TPSA) is 555 Å². The van der Waals surface area contributed by atoms with Gasteiger partial charge in [-0.15, -0.1) is 0 Å². The van der Waals surface area contributed by atoms with E-state index in [-0.39, 0.29) is 65.2 Å². The molecular weight excluding hydrogens is 1910 g/mol. The normalized spacial score (nSPS) is 18.9. The maximum absolute atomic E-state index is 12.4. The molecule has 10 aromatic heterocycles. The Labute approximate surface area is 859 Å². The number of aryl methyl sites for hydroxylation is 2. The third kappa shape index (κ3) is 20.9. The minimum atomic E-state index is -1.70. The first kappa shape index (κ1) is 103. The van der Waals surface area contributed by atoms with Crippen LogP contribution in [0.4, 0.5) is 0 Å². The van der Waals surface area contributed by atoms with E-state index in [1.54, 1.807) is 161 Å². The molecule has 0 unspecified atom stereocenters. The molecular formula is C111H102N26O13. The molecule has 0 spiro atoms. The van der Waals surface area contributed by atoms with Crippen molar-refractivity contribution in [1.82, 2.24) is 98.3 Å². The fourth-order valence-corrected chi connectivity index (χ4v) is 18.2. The van der Waals surface area contributed by atoms with Gasteiger partial charge in [-0.3, -0.25) is 67.9 Å². The van der Waals surface area contributed by atoms with Crippen molar-refractivity contribution in [3.63, 3.8) is 0 Å². The Hall–Kier alpha value is -18.9. The summed E-state index contributed by atoms with van der Waals surface area (Å²) in [4.78, 5) is 150. The fourth-order valence-electron chi connectivity index (χ4n) is 18.2. The molecule has 10 amide bonds. The number of amides is 10. The SMILES string of the molecule is CCCc1nccc2c1c(C(N)=O)nn2-c1cccc(C#C[C@]2(C)CCN(C)C2=O)c1.CN1CC[C@@](C)(C#Cc2cccc(-n3nc(C(N)=O)c4c(CC5CC5)nccc43)c2)C1=O.CN1CC[C@@](O)(C#Cc2cccc(-n3nc(C(N)=O)c4cnc(C#N)cc43)c2)C1=O.CN1CC[C@@](O)(C#Cc2cccc(-n3nc(C(N)=O)c4cnccc43)c2)C1=O.Cc1cc2c(cn1)c(C(N)=O)nn2-c1cccc(C#C[C@]2(O)CCN(C)C2=O)c1. The van der Waals surface area contributed by atoms with E-state index in [2.05, 4.69) is 117 Å². The molecule has 39 nitrogen and oxygen atoms in total. The number of nitriles is 1. The molecule has 13 N–H and O–H groups in total. The molecule has 754 valence electrons. The van der Waals surface area contributed by atoms with E-state index >= 15 is 0 Å². The zero-order chi connectivity index (χ0) is 107. The van der Waals surface area contributed by atoms with Gasteiger partial charge in [-0.2, -0.15) is 30.8 Å². The molecule has 5 aliphatic heterocycles. The molecule has 150 heavy (non-hydrogen) atoms. The summed E-state index contributed by atoms with van der Waals surface area (Å²) in [5.74, 6) is 25.7. The molecule has 1 saturated carbocycles. The zero-order valence-electron chi connectivity index (χ0n) is 83.3. The van der Waals surface area contributed by atoms with Crippen LogP contribution in [0.15, 0.2) is 189 Å². The molecule has 5 saturated heterocycles. The van der Waals surface area contributed by atoms with Gasteiger partial charge in [0.25, 0.3) is 47.3 Å². The number of carbonyl (C=O) groups excluding carboxylic acids is 10. The van der Waals surface area contributed by atoms with Crippen molar-refractivity contribution >= 4 is 114 Å². The minimum Gasteiger partial charge on any atom is -0.369 e. The quantitative estimate of drug-likeness (QED) is 0.0510. The third-order valence-electron chi connectivity index (χ3n) is 26.8. The van der Waals surface area contributed by atoms with Gasteiger partial charge in [-0.05, 0) is 180 Å². The highest BCUT2D eigenvalue weighted by Gasteiger charge is 2.46. The third-order valence-corrected chi connectivity index (χ3v) is 26.8. The largest absolute Gasteiger partial charge is 0.369 e. The highest BCUT2D eigenvalue weighted by atomic mass is 16.3. The van der Waals surface area contributed by atoms with Crippen LogP contribution in [0.25, 0.3) is 83.0 Å². The summed E-state index contributed by atoms with van der Waals surface area (Å²) in [5, 5.41) is 65.5. The van der Waals surface area contributed by atoms with Crippen LogP contribution in [0.2, 0.25) is 0 Å². The number of fused-ring (bicyclic) bond motifs is 5. The number of hydrogen-bond donors (Lipinski definition) is 8. The molecule has 5 aromatic carbocycles. The number of aromatic nitrogens is 15. The summed E-state index contributed by atoms with van der Waals surface area (Å²) >= 11 is 0. The molecule has 15 aromatic rings. The number of benzene rings is 5. The Balaban J connectivity index is 0.000000128. The molecule has 15 heterocycles. The van der Waals surface area contributed by atoms with E-state index < -0.39 is 74.9 Å². The number of rotatable bonds is 14. The maximum atomic E-state index is 12.4.